The van der Waals surface area contributed by atoms with E-state index in [4.69, 9.17) is 9.47 Å². The van der Waals surface area contributed by atoms with E-state index >= 15 is 0 Å². The maximum Gasteiger partial charge on any atom is 0.259 e. The van der Waals surface area contributed by atoms with Crippen molar-refractivity contribution in [2.24, 2.45) is 0 Å². The van der Waals surface area contributed by atoms with Crippen LogP contribution in [0.4, 0.5) is 5.69 Å². The molecule has 0 saturated carbocycles. The van der Waals surface area contributed by atoms with Crippen molar-refractivity contribution in [2.45, 2.75) is 26.2 Å². The van der Waals surface area contributed by atoms with Gasteiger partial charge in [0.2, 0.25) is 0 Å². The van der Waals surface area contributed by atoms with E-state index in [9.17, 15) is 4.79 Å². The third kappa shape index (κ3) is 3.83. The molecular formula is C23H24BrNO3. The number of hydrogen-bond acceptors (Lipinski definition) is 3. The van der Waals surface area contributed by atoms with Crippen LogP contribution in [0.3, 0.4) is 0 Å². The van der Waals surface area contributed by atoms with Crippen LogP contribution < -0.4 is 4.90 Å². The summed E-state index contributed by atoms with van der Waals surface area (Å²) in [6, 6.07) is 19.3. The van der Waals surface area contributed by atoms with Crippen molar-refractivity contribution in [3.8, 4) is 0 Å². The van der Waals surface area contributed by atoms with Crippen molar-refractivity contribution >= 4 is 38.3 Å². The smallest absolute Gasteiger partial charge is 0.259 e. The first-order chi connectivity index (χ1) is 13.5. The lowest BCUT2D eigenvalue weighted by Gasteiger charge is -2.35. The Labute approximate surface area is 174 Å². The quantitative estimate of drug-likeness (QED) is 0.469. The molecule has 0 fully saturated rings. The predicted octanol–water partition coefficient (Wildman–Crippen LogP) is 5.56. The largest absolute Gasteiger partial charge is 0.354 e. The minimum atomic E-state index is -0.565. The van der Waals surface area contributed by atoms with Gasteiger partial charge in [0.15, 0.2) is 6.29 Å². The van der Waals surface area contributed by atoms with Gasteiger partial charge in [0, 0.05) is 24.1 Å². The summed E-state index contributed by atoms with van der Waals surface area (Å²) in [6.45, 7) is 3.96. The summed E-state index contributed by atoms with van der Waals surface area (Å²) < 4.78 is 11.8. The molecule has 0 radical (unpaired) electrons. The van der Waals surface area contributed by atoms with Crippen molar-refractivity contribution in [2.75, 3.05) is 19.1 Å². The number of halogens is 1. The van der Waals surface area contributed by atoms with Gasteiger partial charge in [-0.15, -0.1) is 0 Å². The number of nitrogens with zero attached hydrogens (tertiary/aromatic N) is 1. The van der Waals surface area contributed by atoms with E-state index in [-0.39, 0.29) is 11.9 Å². The van der Waals surface area contributed by atoms with Crippen LogP contribution >= 0.6 is 15.9 Å². The Morgan fingerprint density at radius 2 is 1.61 bits per heavy atom. The maximum atomic E-state index is 13.7. The van der Waals surface area contributed by atoms with E-state index in [2.05, 4.69) is 22.0 Å². The number of anilines is 1. The molecule has 3 aromatic carbocycles. The molecule has 1 unspecified atom stereocenters. The minimum absolute atomic E-state index is 0.112. The van der Waals surface area contributed by atoms with Gasteiger partial charge < -0.3 is 9.47 Å². The minimum Gasteiger partial charge on any atom is -0.354 e. The van der Waals surface area contributed by atoms with Gasteiger partial charge in [0.25, 0.3) is 5.91 Å². The highest BCUT2D eigenvalue weighted by molar-refractivity contribution is 9.10. The molecule has 1 atom stereocenters. The third-order valence-corrected chi connectivity index (χ3v) is 5.62. The topological polar surface area (TPSA) is 38.8 Å². The fraction of sp³-hybridized carbons (Fsp3) is 0.261. The molecule has 1 amide bonds. The lowest BCUT2D eigenvalue weighted by atomic mass is 10.0. The van der Waals surface area contributed by atoms with Crippen molar-refractivity contribution in [1.29, 1.82) is 0 Å². The molecular weight excluding hydrogens is 418 g/mol. The van der Waals surface area contributed by atoms with E-state index in [1.807, 2.05) is 68.4 Å². The number of amides is 1. The average Bonchev–Trinajstić information content (AvgIpc) is 2.71. The number of rotatable bonds is 6. The normalized spacial score (nSPS) is 12.4. The number of carbonyl (C=O) groups excluding carboxylic acids is 1. The summed E-state index contributed by atoms with van der Waals surface area (Å²) in [5.41, 5.74) is 2.47. The van der Waals surface area contributed by atoms with Gasteiger partial charge in [-0.3, -0.25) is 9.69 Å². The Morgan fingerprint density at radius 3 is 2.29 bits per heavy atom. The zero-order valence-corrected chi connectivity index (χ0v) is 18.1. The lowest BCUT2D eigenvalue weighted by molar-refractivity contribution is -0.113. The Hall–Kier alpha value is -2.21. The molecule has 28 heavy (non-hydrogen) atoms. The highest BCUT2D eigenvalue weighted by atomic mass is 79.9. The number of ether oxygens (including phenoxy) is 2. The van der Waals surface area contributed by atoms with Crippen molar-refractivity contribution in [3.63, 3.8) is 0 Å². The van der Waals surface area contributed by atoms with Gasteiger partial charge in [-0.05, 0) is 52.9 Å². The van der Waals surface area contributed by atoms with Gasteiger partial charge >= 0.3 is 0 Å². The molecule has 0 aliphatic heterocycles. The van der Waals surface area contributed by atoms with E-state index in [1.165, 1.54) is 0 Å². The number of methoxy groups -OCH3 is 2. The molecule has 5 heteroatoms. The Balaban J connectivity index is 2.25. The van der Waals surface area contributed by atoms with E-state index < -0.39 is 6.29 Å². The van der Waals surface area contributed by atoms with Gasteiger partial charge in [-0.2, -0.15) is 0 Å². The second-order valence-corrected chi connectivity index (χ2v) is 7.54. The van der Waals surface area contributed by atoms with Gasteiger partial charge in [-0.25, -0.2) is 0 Å². The first kappa shape index (κ1) is 20.5. The third-order valence-electron chi connectivity index (χ3n) is 4.93. The first-order valence-electron chi connectivity index (χ1n) is 9.11. The number of benzene rings is 3. The molecule has 4 nitrogen and oxygen atoms in total. The summed E-state index contributed by atoms with van der Waals surface area (Å²) in [4.78, 5) is 15.5. The van der Waals surface area contributed by atoms with Crippen LogP contribution in [0.5, 0.6) is 0 Å². The molecule has 0 aliphatic rings. The van der Waals surface area contributed by atoms with Gasteiger partial charge in [-0.1, -0.05) is 48.5 Å². The molecule has 0 aliphatic carbocycles. The fourth-order valence-corrected chi connectivity index (χ4v) is 4.00. The maximum absolute atomic E-state index is 13.7. The standard InChI is InChI=1S/C23H24BrNO3/c1-15-13-14-17-9-5-6-10-18(17)21(15)25(16(2)23(27-3)28-4)22(26)19-11-7-8-12-20(19)24/h5-14,16,23H,1-4H3. The first-order valence-corrected chi connectivity index (χ1v) is 9.91. The average molecular weight is 442 g/mol. The van der Waals surface area contributed by atoms with Crippen molar-refractivity contribution in [1.82, 2.24) is 0 Å². The van der Waals surface area contributed by atoms with Crippen LogP contribution in [0.25, 0.3) is 10.8 Å². The number of hydrogen-bond donors (Lipinski definition) is 0. The zero-order chi connectivity index (χ0) is 20.3. The molecule has 0 heterocycles. The highest BCUT2D eigenvalue weighted by Crippen LogP contribution is 2.34. The Kier molecular flexibility index (Phi) is 6.50. The van der Waals surface area contributed by atoms with E-state index in [0.29, 0.717) is 5.56 Å². The SMILES string of the molecule is COC(OC)C(C)N(C(=O)c1ccccc1Br)c1c(C)ccc2ccccc12. The second kappa shape index (κ2) is 8.86. The summed E-state index contributed by atoms with van der Waals surface area (Å²) in [5.74, 6) is -0.112. The summed E-state index contributed by atoms with van der Waals surface area (Å²) in [5, 5.41) is 2.09. The Bertz CT molecular complexity index is 984. The Morgan fingerprint density at radius 1 is 0.964 bits per heavy atom. The van der Waals surface area contributed by atoms with Crippen LogP contribution in [0.1, 0.15) is 22.8 Å². The van der Waals surface area contributed by atoms with Crippen molar-refractivity contribution in [3.05, 3.63) is 76.3 Å². The molecule has 3 rings (SSSR count). The summed E-state index contributed by atoms with van der Waals surface area (Å²) in [6.07, 6.45) is -0.565. The highest BCUT2D eigenvalue weighted by Gasteiger charge is 2.32. The number of aryl methyl sites for hydroxylation is 1. The molecule has 0 N–H and O–H groups in total. The van der Waals surface area contributed by atoms with E-state index in [0.717, 1.165) is 26.5 Å². The molecule has 146 valence electrons. The lowest BCUT2D eigenvalue weighted by Crippen LogP contribution is -2.47. The molecule has 0 bridgehead atoms. The monoisotopic (exact) mass is 441 g/mol. The molecule has 0 aromatic heterocycles. The van der Waals surface area contributed by atoms with Crippen LogP contribution in [-0.2, 0) is 9.47 Å². The van der Waals surface area contributed by atoms with Gasteiger partial charge in [0.05, 0.1) is 17.3 Å². The summed E-state index contributed by atoms with van der Waals surface area (Å²) in [7, 11) is 3.17. The van der Waals surface area contributed by atoms with Crippen molar-refractivity contribution < 1.29 is 14.3 Å². The van der Waals surface area contributed by atoms with Crippen LogP contribution in [-0.4, -0.2) is 32.5 Å². The van der Waals surface area contributed by atoms with Crippen LogP contribution in [0, 0.1) is 6.92 Å². The fourth-order valence-electron chi connectivity index (χ4n) is 3.55. The van der Waals surface area contributed by atoms with Crippen LogP contribution in [0.2, 0.25) is 0 Å². The molecule has 0 saturated heterocycles. The van der Waals surface area contributed by atoms with Crippen LogP contribution in [0.15, 0.2) is 65.1 Å². The zero-order valence-electron chi connectivity index (χ0n) is 16.5. The van der Waals surface area contributed by atoms with Gasteiger partial charge in [0.1, 0.15) is 0 Å². The summed E-state index contributed by atoms with van der Waals surface area (Å²) >= 11 is 3.52. The molecule has 0 spiro atoms. The molecule has 3 aromatic rings. The second-order valence-electron chi connectivity index (χ2n) is 6.69. The van der Waals surface area contributed by atoms with E-state index in [1.54, 1.807) is 19.1 Å². The number of fused-ring (bicyclic) bond motifs is 1. The predicted molar refractivity (Wildman–Crippen MR) is 117 cm³/mol. The number of carbonyl (C=O) groups is 1.